The van der Waals surface area contributed by atoms with E-state index in [1.807, 2.05) is 30.3 Å². The molecule has 0 unspecified atom stereocenters. The molecule has 0 heterocycles. The van der Waals surface area contributed by atoms with Gasteiger partial charge in [0, 0.05) is 0 Å². The standard InChI is InChI=1S/C17H18N2O2/c18-16-12-14(8-11-17(16)20)7-10-15(19-21)9-6-13-4-2-1-3-5-13/h1-5,7-8,10-12,20-21H,6,9,18H2. The van der Waals surface area contributed by atoms with Crippen LogP contribution in [0, 0.1) is 0 Å². The summed E-state index contributed by atoms with van der Waals surface area (Å²) in [6, 6.07) is 15.0. The van der Waals surface area contributed by atoms with Crippen molar-refractivity contribution in [1.29, 1.82) is 0 Å². The minimum absolute atomic E-state index is 0.0623. The molecule has 4 N–H and O–H groups in total. The van der Waals surface area contributed by atoms with Crippen LogP contribution in [0.5, 0.6) is 5.75 Å². The van der Waals surface area contributed by atoms with Crippen LogP contribution in [0.3, 0.4) is 0 Å². The molecule has 0 radical (unpaired) electrons. The minimum atomic E-state index is 0.0623. The molecule has 0 atom stereocenters. The van der Waals surface area contributed by atoms with Crippen molar-refractivity contribution >= 4 is 17.5 Å². The van der Waals surface area contributed by atoms with E-state index in [0.717, 1.165) is 12.0 Å². The number of nitrogen functional groups attached to an aromatic ring is 1. The van der Waals surface area contributed by atoms with Gasteiger partial charge in [-0.25, -0.2) is 0 Å². The zero-order valence-electron chi connectivity index (χ0n) is 11.6. The van der Waals surface area contributed by atoms with Crippen LogP contribution in [0.4, 0.5) is 5.69 Å². The molecule has 0 aliphatic heterocycles. The fourth-order valence-electron chi connectivity index (χ4n) is 1.95. The van der Waals surface area contributed by atoms with Crippen LogP contribution in [0.25, 0.3) is 6.08 Å². The van der Waals surface area contributed by atoms with E-state index in [1.54, 1.807) is 24.3 Å². The number of aryl methyl sites for hydroxylation is 1. The van der Waals surface area contributed by atoms with Crippen LogP contribution in [-0.4, -0.2) is 16.0 Å². The zero-order chi connectivity index (χ0) is 15.1. The first-order chi connectivity index (χ1) is 10.2. The molecule has 0 amide bonds. The van der Waals surface area contributed by atoms with Crippen LogP contribution in [0.1, 0.15) is 17.5 Å². The molecule has 0 spiro atoms. The van der Waals surface area contributed by atoms with Crippen LogP contribution in [-0.2, 0) is 6.42 Å². The number of benzene rings is 2. The molecule has 0 bridgehead atoms. The van der Waals surface area contributed by atoms with Gasteiger partial charge in [0.25, 0.3) is 0 Å². The largest absolute Gasteiger partial charge is 0.506 e. The molecule has 2 aromatic carbocycles. The van der Waals surface area contributed by atoms with Gasteiger partial charge in [-0.15, -0.1) is 0 Å². The summed E-state index contributed by atoms with van der Waals surface area (Å²) in [6.07, 6.45) is 5.00. The average Bonchev–Trinajstić information content (AvgIpc) is 2.52. The molecule has 0 aliphatic rings. The summed E-state index contributed by atoms with van der Waals surface area (Å²) in [7, 11) is 0. The number of hydrogen-bond donors (Lipinski definition) is 3. The van der Waals surface area contributed by atoms with E-state index in [-0.39, 0.29) is 5.75 Å². The Bertz CT molecular complexity index is 649. The lowest BCUT2D eigenvalue weighted by Gasteiger charge is -2.02. The van der Waals surface area contributed by atoms with E-state index < -0.39 is 0 Å². The number of phenolic OH excluding ortho intramolecular Hbond substituents is 1. The number of aromatic hydroxyl groups is 1. The van der Waals surface area contributed by atoms with Crippen molar-refractivity contribution in [3.05, 3.63) is 65.7 Å². The molecule has 0 aromatic heterocycles. The van der Waals surface area contributed by atoms with Crippen molar-refractivity contribution in [2.24, 2.45) is 5.16 Å². The predicted octanol–water partition coefficient (Wildman–Crippen LogP) is 3.45. The fourth-order valence-corrected chi connectivity index (χ4v) is 1.95. The van der Waals surface area contributed by atoms with Gasteiger partial charge in [0.1, 0.15) is 5.75 Å². The highest BCUT2D eigenvalue weighted by molar-refractivity contribution is 5.98. The van der Waals surface area contributed by atoms with Crippen molar-refractivity contribution in [3.63, 3.8) is 0 Å². The Morgan fingerprint density at radius 3 is 2.57 bits per heavy atom. The summed E-state index contributed by atoms with van der Waals surface area (Å²) in [5, 5.41) is 21.7. The lowest BCUT2D eigenvalue weighted by atomic mass is 10.1. The summed E-state index contributed by atoms with van der Waals surface area (Å²) < 4.78 is 0. The van der Waals surface area contributed by atoms with E-state index in [9.17, 15) is 5.11 Å². The number of nitrogens with two attached hydrogens (primary N) is 1. The Morgan fingerprint density at radius 2 is 1.90 bits per heavy atom. The number of nitrogens with zero attached hydrogens (tertiary/aromatic N) is 1. The number of hydrogen-bond acceptors (Lipinski definition) is 4. The Morgan fingerprint density at radius 1 is 1.14 bits per heavy atom. The topological polar surface area (TPSA) is 78.8 Å². The van der Waals surface area contributed by atoms with Crippen LogP contribution in [0.2, 0.25) is 0 Å². The van der Waals surface area contributed by atoms with Crippen molar-refractivity contribution in [1.82, 2.24) is 0 Å². The van der Waals surface area contributed by atoms with Gasteiger partial charge in [-0.1, -0.05) is 47.6 Å². The first-order valence-electron chi connectivity index (χ1n) is 6.70. The quantitative estimate of drug-likeness (QED) is 0.258. The maximum atomic E-state index is 9.36. The Balaban J connectivity index is 1.98. The van der Waals surface area contributed by atoms with Gasteiger partial charge in [0.15, 0.2) is 0 Å². The van der Waals surface area contributed by atoms with Gasteiger partial charge in [-0.05, 0) is 42.2 Å². The first-order valence-corrected chi connectivity index (χ1v) is 6.70. The smallest absolute Gasteiger partial charge is 0.138 e. The van der Waals surface area contributed by atoms with Crippen molar-refractivity contribution < 1.29 is 10.3 Å². The highest BCUT2D eigenvalue weighted by atomic mass is 16.4. The zero-order valence-corrected chi connectivity index (χ0v) is 11.6. The van der Waals surface area contributed by atoms with E-state index in [4.69, 9.17) is 10.9 Å². The molecule has 0 saturated heterocycles. The second-order valence-electron chi connectivity index (χ2n) is 4.73. The second kappa shape index (κ2) is 7.14. The van der Waals surface area contributed by atoms with Gasteiger partial charge >= 0.3 is 0 Å². The molecule has 4 heteroatoms. The molecule has 21 heavy (non-hydrogen) atoms. The monoisotopic (exact) mass is 282 g/mol. The molecule has 108 valence electrons. The minimum Gasteiger partial charge on any atom is -0.506 e. The maximum Gasteiger partial charge on any atom is 0.138 e. The summed E-state index contributed by atoms with van der Waals surface area (Å²) >= 11 is 0. The highest BCUT2D eigenvalue weighted by Gasteiger charge is 1.99. The first kappa shape index (κ1) is 14.7. The summed E-state index contributed by atoms with van der Waals surface area (Å²) in [4.78, 5) is 0. The van der Waals surface area contributed by atoms with Gasteiger partial charge in [0.2, 0.25) is 0 Å². The van der Waals surface area contributed by atoms with Gasteiger partial charge in [0.05, 0.1) is 11.4 Å². The molecular formula is C17H18N2O2. The lowest BCUT2D eigenvalue weighted by molar-refractivity contribution is 0.318. The third kappa shape index (κ3) is 4.38. The SMILES string of the molecule is Nc1cc(C=CC(CCc2ccccc2)=NO)ccc1O. The van der Waals surface area contributed by atoms with Gasteiger partial charge in [-0.3, -0.25) is 0 Å². The second-order valence-corrected chi connectivity index (χ2v) is 4.73. The molecular weight excluding hydrogens is 264 g/mol. The van der Waals surface area contributed by atoms with Crippen LogP contribution in [0.15, 0.2) is 59.8 Å². The summed E-state index contributed by atoms with van der Waals surface area (Å²) in [5.74, 6) is 0.0623. The van der Waals surface area contributed by atoms with E-state index in [2.05, 4.69) is 5.16 Å². The molecule has 0 fully saturated rings. The number of oxime groups is 1. The van der Waals surface area contributed by atoms with Crippen molar-refractivity contribution in [3.8, 4) is 5.75 Å². The Hall–Kier alpha value is -2.75. The molecule has 4 nitrogen and oxygen atoms in total. The third-order valence-electron chi connectivity index (χ3n) is 3.16. The number of phenols is 1. The molecule has 0 saturated carbocycles. The molecule has 2 aromatic rings. The Kier molecular flexibility index (Phi) is 4.99. The maximum absolute atomic E-state index is 9.36. The van der Waals surface area contributed by atoms with Gasteiger partial charge < -0.3 is 16.0 Å². The van der Waals surface area contributed by atoms with E-state index >= 15 is 0 Å². The normalized spacial score (nSPS) is 11.9. The lowest BCUT2D eigenvalue weighted by Crippen LogP contribution is -1.97. The number of rotatable bonds is 5. The predicted molar refractivity (Wildman–Crippen MR) is 85.5 cm³/mol. The van der Waals surface area contributed by atoms with Crippen molar-refractivity contribution in [2.75, 3.05) is 5.73 Å². The van der Waals surface area contributed by atoms with E-state index in [0.29, 0.717) is 17.8 Å². The summed E-state index contributed by atoms with van der Waals surface area (Å²) in [5.41, 5.74) is 8.58. The third-order valence-corrected chi connectivity index (χ3v) is 3.16. The van der Waals surface area contributed by atoms with E-state index in [1.165, 1.54) is 11.6 Å². The van der Waals surface area contributed by atoms with Crippen molar-refractivity contribution in [2.45, 2.75) is 12.8 Å². The number of anilines is 1. The molecule has 0 aliphatic carbocycles. The summed E-state index contributed by atoms with van der Waals surface area (Å²) in [6.45, 7) is 0. The van der Waals surface area contributed by atoms with Crippen LogP contribution >= 0.6 is 0 Å². The average molecular weight is 282 g/mol. The van der Waals surface area contributed by atoms with Crippen LogP contribution < -0.4 is 5.73 Å². The van der Waals surface area contributed by atoms with Gasteiger partial charge in [-0.2, -0.15) is 0 Å². The fraction of sp³-hybridized carbons (Fsp3) is 0.118. The highest BCUT2D eigenvalue weighted by Crippen LogP contribution is 2.21. The molecule has 2 rings (SSSR count). The Labute approximate surface area is 123 Å². The number of allylic oxidation sites excluding steroid dienone is 1.